The van der Waals surface area contributed by atoms with Crippen molar-refractivity contribution in [2.45, 2.75) is 38.6 Å². The predicted molar refractivity (Wildman–Crippen MR) is 131 cm³/mol. The van der Waals surface area contributed by atoms with Gasteiger partial charge >= 0.3 is 0 Å². The Morgan fingerprint density at radius 3 is 2.67 bits per heavy atom. The molecule has 5 nitrogen and oxygen atoms in total. The minimum atomic E-state index is -1.33. The molecule has 5 rings (SSSR count). The van der Waals surface area contributed by atoms with Crippen molar-refractivity contribution < 1.29 is 22.7 Å². The topological polar surface area (TPSA) is 55.6 Å². The summed E-state index contributed by atoms with van der Waals surface area (Å²) in [6.07, 6.45) is 1.98. The third kappa shape index (κ3) is 4.09. The van der Waals surface area contributed by atoms with E-state index >= 15 is 0 Å². The predicted octanol–water partition coefficient (Wildman–Crippen LogP) is 6.62. The zero-order valence-electron chi connectivity index (χ0n) is 19.8. The Kier molecular flexibility index (Phi) is 5.95. The first-order valence-electron chi connectivity index (χ1n) is 11.4. The van der Waals surface area contributed by atoms with E-state index in [2.05, 4.69) is 10.4 Å². The van der Waals surface area contributed by atoms with Crippen molar-refractivity contribution in [1.82, 2.24) is 14.9 Å². The summed E-state index contributed by atoms with van der Waals surface area (Å²) in [7, 11) is 0. The molecule has 0 unspecified atom stereocenters. The van der Waals surface area contributed by atoms with Crippen LogP contribution >= 0.6 is 11.6 Å². The maximum absolute atomic E-state index is 14.7. The van der Waals surface area contributed by atoms with Crippen LogP contribution in [-0.2, 0) is 5.41 Å². The molecule has 2 aromatic heterocycles. The zero-order valence-corrected chi connectivity index (χ0v) is 20.6. The number of halogens is 4. The molecule has 9 heteroatoms. The van der Waals surface area contributed by atoms with E-state index in [-0.39, 0.29) is 28.2 Å². The number of ether oxygens (including phenoxy) is 1. The fraction of sp³-hybridized carbons (Fsp3) is 0.259. The number of hydrogen-bond acceptors (Lipinski definition) is 3. The molecule has 1 atom stereocenters. The van der Waals surface area contributed by atoms with Crippen molar-refractivity contribution in [3.8, 4) is 17.0 Å². The Morgan fingerprint density at radius 2 is 1.92 bits per heavy atom. The van der Waals surface area contributed by atoms with Crippen LogP contribution < -0.4 is 10.1 Å². The summed E-state index contributed by atoms with van der Waals surface area (Å²) in [4.78, 5) is 13.5. The molecule has 0 bridgehead atoms. The lowest BCUT2D eigenvalue weighted by molar-refractivity contribution is 0.0922. The van der Waals surface area contributed by atoms with Crippen LogP contribution in [0.15, 0.2) is 48.7 Å². The van der Waals surface area contributed by atoms with Gasteiger partial charge in [-0.2, -0.15) is 5.10 Å². The first-order chi connectivity index (χ1) is 17.1. The molecule has 1 aliphatic heterocycles. The van der Waals surface area contributed by atoms with Gasteiger partial charge in [0.15, 0.2) is 11.6 Å². The third-order valence-electron chi connectivity index (χ3n) is 6.26. The molecule has 1 amide bonds. The fourth-order valence-corrected chi connectivity index (χ4v) is 5.03. The van der Waals surface area contributed by atoms with Crippen LogP contribution in [0.25, 0.3) is 16.8 Å². The number of carbonyl (C=O) groups is 1. The summed E-state index contributed by atoms with van der Waals surface area (Å²) in [5, 5.41) is 7.48. The molecule has 4 aromatic rings. The monoisotopic (exact) mass is 513 g/mol. The van der Waals surface area contributed by atoms with Gasteiger partial charge in [0.05, 0.1) is 40.6 Å². The highest BCUT2D eigenvalue weighted by Gasteiger charge is 2.31. The average molecular weight is 514 g/mol. The summed E-state index contributed by atoms with van der Waals surface area (Å²) in [5.74, 6) is -3.12. The van der Waals surface area contributed by atoms with E-state index in [4.69, 9.17) is 16.3 Å². The number of aromatic nitrogens is 2. The van der Waals surface area contributed by atoms with Gasteiger partial charge in [-0.05, 0) is 29.2 Å². The number of benzene rings is 2. The number of rotatable bonds is 3. The average Bonchev–Trinajstić information content (AvgIpc) is 3.15. The highest BCUT2D eigenvalue weighted by atomic mass is 35.5. The highest BCUT2D eigenvalue weighted by molar-refractivity contribution is 6.33. The van der Waals surface area contributed by atoms with Gasteiger partial charge in [0.2, 0.25) is 0 Å². The molecular weight excluding hydrogens is 491 g/mol. The zero-order chi connectivity index (χ0) is 25.8. The lowest BCUT2D eigenvalue weighted by atomic mass is 9.83. The molecule has 0 saturated carbocycles. The summed E-state index contributed by atoms with van der Waals surface area (Å²) < 4.78 is 49.6. The van der Waals surface area contributed by atoms with E-state index in [1.807, 2.05) is 45.0 Å². The molecule has 36 heavy (non-hydrogen) atoms. The van der Waals surface area contributed by atoms with Crippen molar-refractivity contribution in [2.24, 2.45) is 0 Å². The van der Waals surface area contributed by atoms with Crippen LogP contribution in [-0.4, -0.2) is 22.1 Å². The standard InChI is InChI=1S/C27H23ClF3N3O2/c1-27(2,3)23-17(26(35)33-20-8-9-36-22-7-5-4-6-15(20)22)13-32-34-21(23)12-18(28)25(34)16-10-14(29)11-19(30)24(16)31/h4-7,10-13,20H,8-9H2,1-3H3,(H,33,35)/t20-/m0/s1. The molecule has 1 aliphatic rings. The normalized spacial score (nSPS) is 15.5. The molecular formula is C27H23ClF3N3O2. The summed E-state index contributed by atoms with van der Waals surface area (Å²) in [5.41, 5.74) is 1.34. The second-order valence-corrected chi connectivity index (χ2v) is 10.2. The molecule has 1 N–H and O–H groups in total. The molecule has 186 valence electrons. The summed E-state index contributed by atoms with van der Waals surface area (Å²) in [6.45, 7) is 6.24. The molecule has 0 spiro atoms. The minimum absolute atomic E-state index is 0.00150. The van der Waals surface area contributed by atoms with Gasteiger partial charge in [0.25, 0.3) is 5.91 Å². The van der Waals surface area contributed by atoms with Gasteiger partial charge in [0.1, 0.15) is 11.6 Å². The van der Waals surface area contributed by atoms with Gasteiger partial charge < -0.3 is 10.1 Å². The lowest BCUT2D eigenvalue weighted by Gasteiger charge is -2.28. The summed E-state index contributed by atoms with van der Waals surface area (Å²) in [6, 6.07) is 10.2. The van der Waals surface area contributed by atoms with Crippen molar-refractivity contribution in [2.75, 3.05) is 6.61 Å². The Morgan fingerprint density at radius 1 is 1.17 bits per heavy atom. The van der Waals surface area contributed by atoms with Gasteiger partial charge in [-0.1, -0.05) is 50.6 Å². The molecule has 0 saturated heterocycles. The van der Waals surface area contributed by atoms with Crippen molar-refractivity contribution >= 4 is 23.0 Å². The summed E-state index contributed by atoms with van der Waals surface area (Å²) >= 11 is 6.46. The van der Waals surface area contributed by atoms with Gasteiger partial charge in [-0.3, -0.25) is 4.79 Å². The van der Waals surface area contributed by atoms with Crippen LogP contribution in [0.1, 0.15) is 54.7 Å². The molecule has 2 aromatic carbocycles. The smallest absolute Gasteiger partial charge is 0.253 e. The Balaban J connectivity index is 1.64. The van der Waals surface area contributed by atoms with E-state index < -0.39 is 22.9 Å². The number of nitrogens with zero attached hydrogens (tertiary/aromatic N) is 2. The number of amides is 1. The van der Waals surface area contributed by atoms with Crippen LogP contribution in [0, 0.1) is 17.5 Å². The van der Waals surface area contributed by atoms with Crippen molar-refractivity contribution in [3.63, 3.8) is 0 Å². The minimum Gasteiger partial charge on any atom is -0.493 e. The maximum atomic E-state index is 14.7. The Bertz CT molecular complexity index is 1510. The number of nitrogens with one attached hydrogen (secondary N) is 1. The van der Waals surface area contributed by atoms with Gasteiger partial charge in [-0.15, -0.1) is 0 Å². The van der Waals surface area contributed by atoms with Crippen LogP contribution in [0.4, 0.5) is 13.2 Å². The Hall–Kier alpha value is -3.52. The number of carbonyl (C=O) groups excluding carboxylic acids is 1. The lowest BCUT2D eigenvalue weighted by Crippen LogP contribution is -2.34. The largest absolute Gasteiger partial charge is 0.493 e. The maximum Gasteiger partial charge on any atom is 0.253 e. The number of para-hydroxylation sites is 1. The molecule has 0 fully saturated rings. The van der Waals surface area contributed by atoms with E-state index in [0.717, 1.165) is 17.4 Å². The fourth-order valence-electron chi connectivity index (χ4n) is 4.75. The number of hydrogen-bond donors (Lipinski definition) is 1. The quantitative estimate of drug-likeness (QED) is 0.313. The first kappa shape index (κ1) is 24.2. The second-order valence-electron chi connectivity index (χ2n) is 9.77. The SMILES string of the molecule is CC(C)(C)c1c(C(=O)N[C@H]2CCOc3ccccc32)cnn2c(-c3cc(F)cc(F)c3F)c(Cl)cc12. The third-order valence-corrected chi connectivity index (χ3v) is 6.55. The molecule has 3 heterocycles. The van der Waals surface area contributed by atoms with E-state index in [0.29, 0.717) is 35.7 Å². The molecule has 0 radical (unpaired) electrons. The second kappa shape index (κ2) is 8.85. The van der Waals surface area contributed by atoms with E-state index in [1.165, 1.54) is 16.8 Å². The van der Waals surface area contributed by atoms with Crippen LogP contribution in [0.3, 0.4) is 0 Å². The highest BCUT2D eigenvalue weighted by Crippen LogP contribution is 2.39. The van der Waals surface area contributed by atoms with Crippen molar-refractivity contribution in [3.05, 3.63) is 87.8 Å². The Labute approximate surface area is 210 Å². The van der Waals surface area contributed by atoms with Crippen LogP contribution in [0.2, 0.25) is 5.02 Å². The first-order valence-corrected chi connectivity index (χ1v) is 11.8. The van der Waals surface area contributed by atoms with E-state index in [9.17, 15) is 18.0 Å². The molecule has 0 aliphatic carbocycles. The van der Waals surface area contributed by atoms with Gasteiger partial charge in [-0.25, -0.2) is 17.7 Å². The number of fused-ring (bicyclic) bond motifs is 2. The van der Waals surface area contributed by atoms with Crippen LogP contribution in [0.5, 0.6) is 5.75 Å². The van der Waals surface area contributed by atoms with E-state index in [1.54, 1.807) is 0 Å². The van der Waals surface area contributed by atoms with Gasteiger partial charge in [0, 0.05) is 23.6 Å². The van der Waals surface area contributed by atoms with Crippen molar-refractivity contribution in [1.29, 1.82) is 0 Å².